The maximum atomic E-state index is 5.60. The molecule has 0 saturated carbocycles. The molecule has 130 valence electrons. The molecule has 1 unspecified atom stereocenters. The predicted octanol–water partition coefficient (Wildman–Crippen LogP) is 3.98. The molecular formula is C19H26N2O3. The number of rotatable bonds is 7. The van der Waals surface area contributed by atoms with Crippen LogP contribution in [0.1, 0.15) is 49.7 Å². The molecule has 24 heavy (non-hydrogen) atoms. The van der Waals surface area contributed by atoms with Gasteiger partial charge in [-0.05, 0) is 50.4 Å². The lowest BCUT2D eigenvalue weighted by atomic mass is 10.1. The van der Waals surface area contributed by atoms with Crippen LogP contribution in [0.2, 0.25) is 0 Å². The van der Waals surface area contributed by atoms with Crippen LogP contribution in [0, 0.1) is 0 Å². The zero-order valence-corrected chi connectivity index (χ0v) is 14.7. The van der Waals surface area contributed by atoms with Gasteiger partial charge >= 0.3 is 0 Å². The fraction of sp³-hybridized carbons (Fsp3) is 0.526. The first-order valence-electron chi connectivity index (χ1n) is 8.74. The molecule has 1 aromatic carbocycles. The summed E-state index contributed by atoms with van der Waals surface area (Å²) in [5.74, 6) is 2.57. The van der Waals surface area contributed by atoms with Crippen LogP contribution in [-0.2, 0) is 13.0 Å². The molecule has 2 heterocycles. The van der Waals surface area contributed by atoms with Crippen LogP contribution in [0.5, 0.6) is 11.5 Å². The Morgan fingerprint density at radius 2 is 2.12 bits per heavy atom. The van der Waals surface area contributed by atoms with E-state index in [1.165, 1.54) is 12.0 Å². The molecule has 0 radical (unpaired) electrons. The van der Waals surface area contributed by atoms with E-state index < -0.39 is 0 Å². The molecule has 1 aliphatic rings. The van der Waals surface area contributed by atoms with Gasteiger partial charge in [-0.3, -0.25) is 4.90 Å². The van der Waals surface area contributed by atoms with Crippen molar-refractivity contribution >= 4 is 0 Å². The Hall–Kier alpha value is -2.01. The predicted molar refractivity (Wildman–Crippen MR) is 92.4 cm³/mol. The maximum Gasteiger partial charge on any atom is 0.161 e. The summed E-state index contributed by atoms with van der Waals surface area (Å²) in [4.78, 5) is 2.45. The number of hydrogen-bond donors (Lipinski definition) is 0. The molecule has 3 rings (SSSR count). The van der Waals surface area contributed by atoms with Gasteiger partial charge in [0.05, 0.1) is 25.5 Å². The van der Waals surface area contributed by atoms with Crippen molar-refractivity contribution in [3.8, 4) is 11.5 Å². The molecule has 1 aliphatic heterocycles. The maximum absolute atomic E-state index is 5.60. The summed E-state index contributed by atoms with van der Waals surface area (Å²) >= 11 is 0. The van der Waals surface area contributed by atoms with E-state index >= 15 is 0 Å². The summed E-state index contributed by atoms with van der Waals surface area (Å²) in [5, 5.41) is 4.14. The SMILES string of the molecule is CCOc1ccc(CN2CCCC2c2cc(CC)no2)cc1OC. The Balaban J connectivity index is 1.74. The number of hydrogen-bond acceptors (Lipinski definition) is 5. The van der Waals surface area contributed by atoms with Gasteiger partial charge in [-0.1, -0.05) is 18.1 Å². The smallest absolute Gasteiger partial charge is 0.161 e. The minimum absolute atomic E-state index is 0.315. The van der Waals surface area contributed by atoms with E-state index in [0.29, 0.717) is 12.6 Å². The van der Waals surface area contributed by atoms with Crippen molar-refractivity contribution in [2.45, 2.75) is 45.7 Å². The van der Waals surface area contributed by atoms with Gasteiger partial charge in [0.25, 0.3) is 0 Å². The Kier molecular flexibility index (Phi) is 5.41. The molecule has 5 heteroatoms. The second kappa shape index (κ2) is 7.71. The number of aryl methyl sites for hydroxylation is 1. The lowest BCUT2D eigenvalue weighted by Gasteiger charge is -2.22. The highest BCUT2D eigenvalue weighted by molar-refractivity contribution is 5.43. The van der Waals surface area contributed by atoms with Gasteiger partial charge < -0.3 is 14.0 Å². The highest BCUT2D eigenvalue weighted by Crippen LogP contribution is 2.35. The second-order valence-electron chi connectivity index (χ2n) is 6.12. The molecule has 5 nitrogen and oxygen atoms in total. The van der Waals surface area contributed by atoms with E-state index in [0.717, 1.165) is 48.9 Å². The monoisotopic (exact) mass is 330 g/mol. The first kappa shape index (κ1) is 16.8. The quantitative estimate of drug-likeness (QED) is 0.768. The van der Waals surface area contributed by atoms with Crippen LogP contribution in [0.15, 0.2) is 28.8 Å². The number of ether oxygens (including phenoxy) is 2. The molecule has 2 aromatic rings. The van der Waals surface area contributed by atoms with Gasteiger partial charge in [-0.25, -0.2) is 0 Å². The third-order valence-corrected chi connectivity index (χ3v) is 4.55. The number of methoxy groups -OCH3 is 1. The summed E-state index contributed by atoms with van der Waals surface area (Å²) < 4.78 is 16.6. The van der Waals surface area contributed by atoms with Crippen LogP contribution in [0.25, 0.3) is 0 Å². The van der Waals surface area contributed by atoms with Crippen LogP contribution < -0.4 is 9.47 Å². The van der Waals surface area contributed by atoms with E-state index in [9.17, 15) is 0 Å². The summed E-state index contributed by atoms with van der Waals surface area (Å²) in [5.41, 5.74) is 2.25. The normalized spacial score (nSPS) is 18.0. The number of benzene rings is 1. The minimum Gasteiger partial charge on any atom is -0.493 e. The molecule has 0 bridgehead atoms. The fourth-order valence-electron chi connectivity index (χ4n) is 3.31. The Bertz CT molecular complexity index is 668. The molecule has 0 aliphatic carbocycles. The van der Waals surface area contributed by atoms with Crippen molar-refractivity contribution < 1.29 is 14.0 Å². The largest absolute Gasteiger partial charge is 0.493 e. The highest BCUT2D eigenvalue weighted by atomic mass is 16.5. The van der Waals surface area contributed by atoms with E-state index in [2.05, 4.69) is 35.2 Å². The van der Waals surface area contributed by atoms with E-state index in [4.69, 9.17) is 14.0 Å². The first-order valence-corrected chi connectivity index (χ1v) is 8.74. The summed E-state index contributed by atoms with van der Waals surface area (Å²) in [6, 6.07) is 8.59. The van der Waals surface area contributed by atoms with E-state index in [1.54, 1.807) is 7.11 Å². The first-order chi connectivity index (χ1) is 11.7. The molecule has 0 N–H and O–H groups in total. The van der Waals surface area contributed by atoms with Crippen LogP contribution in [-0.4, -0.2) is 30.3 Å². The zero-order valence-electron chi connectivity index (χ0n) is 14.7. The lowest BCUT2D eigenvalue weighted by Crippen LogP contribution is -2.22. The molecule has 0 amide bonds. The Morgan fingerprint density at radius 1 is 1.25 bits per heavy atom. The molecular weight excluding hydrogens is 304 g/mol. The number of aromatic nitrogens is 1. The molecule has 1 saturated heterocycles. The molecule has 1 fully saturated rings. The Morgan fingerprint density at radius 3 is 2.83 bits per heavy atom. The molecule has 1 aromatic heterocycles. The second-order valence-corrected chi connectivity index (χ2v) is 6.12. The summed E-state index contributed by atoms with van der Waals surface area (Å²) in [7, 11) is 1.68. The third kappa shape index (κ3) is 3.56. The zero-order chi connectivity index (χ0) is 16.9. The molecule has 1 atom stereocenters. The molecule has 0 spiro atoms. The van der Waals surface area contributed by atoms with Crippen molar-refractivity contribution in [1.82, 2.24) is 10.1 Å². The van der Waals surface area contributed by atoms with E-state index in [-0.39, 0.29) is 0 Å². The van der Waals surface area contributed by atoms with Crippen LogP contribution in [0.4, 0.5) is 0 Å². The van der Waals surface area contributed by atoms with Gasteiger partial charge in [0, 0.05) is 12.6 Å². The number of likely N-dealkylation sites (tertiary alicyclic amines) is 1. The van der Waals surface area contributed by atoms with Crippen molar-refractivity contribution in [2.75, 3.05) is 20.3 Å². The van der Waals surface area contributed by atoms with Gasteiger partial charge in [0.15, 0.2) is 17.3 Å². The van der Waals surface area contributed by atoms with Crippen molar-refractivity contribution in [1.29, 1.82) is 0 Å². The topological polar surface area (TPSA) is 47.7 Å². The number of nitrogens with zero attached hydrogens (tertiary/aromatic N) is 2. The third-order valence-electron chi connectivity index (χ3n) is 4.55. The van der Waals surface area contributed by atoms with Crippen molar-refractivity contribution in [3.63, 3.8) is 0 Å². The fourth-order valence-corrected chi connectivity index (χ4v) is 3.31. The van der Waals surface area contributed by atoms with Crippen molar-refractivity contribution in [3.05, 3.63) is 41.3 Å². The van der Waals surface area contributed by atoms with Crippen LogP contribution in [0.3, 0.4) is 0 Å². The highest BCUT2D eigenvalue weighted by Gasteiger charge is 2.29. The summed E-state index contributed by atoms with van der Waals surface area (Å²) in [6.07, 6.45) is 3.21. The van der Waals surface area contributed by atoms with Crippen molar-refractivity contribution in [2.24, 2.45) is 0 Å². The average Bonchev–Trinajstić information content (AvgIpc) is 3.25. The Labute approximate surface area is 143 Å². The average molecular weight is 330 g/mol. The van der Waals surface area contributed by atoms with Gasteiger partial charge in [0.1, 0.15) is 0 Å². The lowest BCUT2D eigenvalue weighted by molar-refractivity contribution is 0.206. The standard InChI is InChI=1S/C19H26N2O3/c1-4-15-12-18(24-20-15)16-7-6-10-21(16)13-14-8-9-17(23-5-2)19(11-14)22-3/h8-9,11-12,16H,4-7,10,13H2,1-3H3. The summed E-state index contributed by atoms with van der Waals surface area (Å²) in [6.45, 7) is 6.65. The minimum atomic E-state index is 0.315. The van der Waals surface area contributed by atoms with Gasteiger partial charge in [-0.2, -0.15) is 0 Å². The van der Waals surface area contributed by atoms with Crippen LogP contribution >= 0.6 is 0 Å². The van der Waals surface area contributed by atoms with E-state index in [1.807, 2.05) is 13.0 Å². The van der Waals surface area contributed by atoms with Gasteiger partial charge in [0.2, 0.25) is 0 Å². The van der Waals surface area contributed by atoms with Gasteiger partial charge in [-0.15, -0.1) is 0 Å².